The van der Waals surface area contributed by atoms with Gasteiger partial charge in [0.15, 0.2) is 5.69 Å². The molecule has 6 heteroatoms. The van der Waals surface area contributed by atoms with Crippen LogP contribution in [0.2, 0.25) is 5.02 Å². The first kappa shape index (κ1) is 16.0. The molecule has 0 spiro atoms. The van der Waals surface area contributed by atoms with Gasteiger partial charge in [0.1, 0.15) is 0 Å². The van der Waals surface area contributed by atoms with Crippen LogP contribution in [0.4, 0.5) is 0 Å². The van der Waals surface area contributed by atoms with E-state index in [4.69, 9.17) is 11.6 Å². The Hall–Kier alpha value is -1.88. The summed E-state index contributed by atoms with van der Waals surface area (Å²) in [5.41, 5.74) is 0.374. The van der Waals surface area contributed by atoms with Gasteiger partial charge in [0.05, 0.1) is 10.9 Å². The quantitative estimate of drug-likeness (QED) is 0.848. The summed E-state index contributed by atoms with van der Waals surface area (Å²) in [7, 11) is 0. The van der Waals surface area contributed by atoms with Crippen LogP contribution >= 0.6 is 11.6 Å². The van der Waals surface area contributed by atoms with Crippen molar-refractivity contribution >= 4 is 28.4 Å². The number of carbonyl (C=O) groups is 1. The van der Waals surface area contributed by atoms with Crippen molar-refractivity contribution < 1.29 is 4.79 Å². The third kappa shape index (κ3) is 3.11. The molecular formula is C17H20ClN3O2. The minimum Gasteiger partial charge on any atom is -0.337 e. The Kier molecular flexibility index (Phi) is 4.66. The number of amides is 1. The topological polar surface area (TPSA) is 55.2 Å². The van der Waals surface area contributed by atoms with Gasteiger partial charge in [0.2, 0.25) is 5.43 Å². The minimum absolute atomic E-state index is 0.00326. The first-order valence-electron chi connectivity index (χ1n) is 8.11. The molecule has 0 N–H and O–H groups in total. The smallest absolute Gasteiger partial charge is 0.278 e. The Morgan fingerprint density at radius 3 is 2.57 bits per heavy atom. The van der Waals surface area contributed by atoms with Crippen molar-refractivity contribution in [3.63, 3.8) is 0 Å². The molecule has 3 rings (SSSR count). The SMILES string of the molecule is CCn1nc(C(=O)N2CCCCCC2)c(=O)c2cc(Cl)ccc21. The van der Waals surface area contributed by atoms with E-state index in [-0.39, 0.29) is 17.0 Å². The second kappa shape index (κ2) is 6.71. The van der Waals surface area contributed by atoms with E-state index in [9.17, 15) is 9.59 Å². The molecule has 1 amide bonds. The fourth-order valence-corrected chi connectivity index (χ4v) is 3.24. The number of rotatable bonds is 2. The van der Waals surface area contributed by atoms with Crippen LogP contribution in [-0.4, -0.2) is 33.7 Å². The molecule has 1 aliphatic heterocycles. The van der Waals surface area contributed by atoms with Gasteiger partial charge >= 0.3 is 0 Å². The molecular weight excluding hydrogens is 314 g/mol. The summed E-state index contributed by atoms with van der Waals surface area (Å²) in [6.07, 6.45) is 4.22. The number of aromatic nitrogens is 2. The maximum Gasteiger partial charge on any atom is 0.278 e. The molecule has 0 unspecified atom stereocenters. The molecule has 0 aliphatic carbocycles. The van der Waals surface area contributed by atoms with Crippen LogP contribution in [0.25, 0.3) is 10.9 Å². The maximum atomic E-state index is 12.8. The fraction of sp³-hybridized carbons (Fsp3) is 0.471. The van der Waals surface area contributed by atoms with Crippen LogP contribution in [0.5, 0.6) is 0 Å². The number of halogens is 1. The number of aryl methyl sites for hydroxylation is 1. The monoisotopic (exact) mass is 333 g/mol. The van der Waals surface area contributed by atoms with Crippen LogP contribution in [0.15, 0.2) is 23.0 Å². The van der Waals surface area contributed by atoms with Gasteiger partial charge in [0, 0.05) is 24.7 Å². The molecule has 0 radical (unpaired) electrons. The number of hydrogen-bond donors (Lipinski definition) is 0. The van der Waals surface area contributed by atoms with Gasteiger partial charge in [-0.25, -0.2) is 0 Å². The average Bonchev–Trinajstić information content (AvgIpc) is 2.84. The molecule has 0 atom stereocenters. The zero-order chi connectivity index (χ0) is 16.4. The van der Waals surface area contributed by atoms with Crippen molar-refractivity contribution in [1.29, 1.82) is 0 Å². The number of hydrogen-bond acceptors (Lipinski definition) is 3. The first-order chi connectivity index (χ1) is 11.1. The van der Waals surface area contributed by atoms with E-state index < -0.39 is 0 Å². The first-order valence-corrected chi connectivity index (χ1v) is 8.49. The standard InChI is InChI=1S/C17H20ClN3O2/c1-2-21-14-8-7-12(18)11-13(14)16(22)15(19-21)17(23)20-9-5-3-4-6-10-20/h7-8,11H,2-6,9-10H2,1H3. The molecule has 1 aliphatic rings. The van der Waals surface area contributed by atoms with Crippen molar-refractivity contribution in [3.05, 3.63) is 39.1 Å². The van der Waals surface area contributed by atoms with Gasteiger partial charge in [-0.2, -0.15) is 5.10 Å². The van der Waals surface area contributed by atoms with Crippen molar-refractivity contribution in [1.82, 2.24) is 14.7 Å². The Balaban J connectivity index is 2.11. The van der Waals surface area contributed by atoms with Crippen molar-refractivity contribution in [2.45, 2.75) is 39.2 Å². The summed E-state index contributed by atoms with van der Waals surface area (Å²) in [5, 5.41) is 5.26. The van der Waals surface area contributed by atoms with Crippen molar-refractivity contribution in [2.24, 2.45) is 0 Å². The maximum absolute atomic E-state index is 12.8. The molecule has 122 valence electrons. The molecule has 1 saturated heterocycles. The van der Waals surface area contributed by atoms with E-state index >= 15 is 0 Å². The molecule has 1 aromatic carbocycles. The molecule has 2 heterocycles. The minimum atomic E-state index is -0.332. The largest absolute Gasteiger partial charge is 0.337 e. The third-order valence-electron chi connectivity index (χ3n) is 4.31. The lowest BCUT2D eigenvalue weighted by Crippen LogP contribution is -2.37. The lowest BCUT2D eigenvalue weighted by Gasteiger charge is -2.20. The van der Waals surface area contributed by atoms with Crippen LogP contribution in [0.3, 0.4) is 0 Å². The van der Waals surface area contributed by atoms with Gasteiger partial charge in [0.25, 0.3) is 5.91 Å². The Labute approximate surface area is 139 Å². The molecule has 2 aromatic rings. The van der Waals surface area contributed by atoms with Gasteiger partial charge in [-0.3, -0.25) is 14.3 Å². The third-order valence-corrected chi connectivity index (χ3v) is 4.55. The van der Waals surface area contributed by atoms with Gasteiger partial charge in [-0.05, 0) is 38.0 Å². The summed E-state index contributed by atoms with van der Waals surface area (Å²) < 4.78 is 1.69. The normalized spacial score (nSPS) is 15.7. The number of nitrogens with zero attached hydrogens (tertiary/aromatic N) is 3. The molecule has 0 bridgehead atoms. The van der Waals surface area contributed by atoms with Gasteiger partial charge < -0.3 is 4.90 Å². The summed E-state index contributed by atoms with van der Waals surface area (Å²) in [5.74, 6) is -0.263. The highest BCUT2D eigenvalue weighted by Crippen LogP contribution is 2.17. The van der Waals surface area contributed by atoms with E-state index in [1.54, 1.807) is 27.8 Å². The number of benzene rings is 1. The predicted molar refractivity (Wildman–Crippen MR) is 91.1 cm³/mol. The molecule has 1 fully saturated rings. The second-order valence-electron chi connectivity index (χ2n) is 5.86. The number of carbonyl (C=O) groups excluding carboxylic acids is 1. The summed E-state index contributed by atoms with van der Waals surface area (Å²) >= 11 is 6.02. The van der Waals surface area contributed by atoms with E-state index in [1.807, 2.05) is 6.92 Å². The van der Waals surface area contributed by atoms with Crippen LogP contribution in [0.1, 0.15) is 43.1 Å². The zero-order valence-electron chi connectivity index (χ0n) is 13.2. The van der Waals surface area contributed by atoms with Crippen LogP contribution < -0.4 is 5.43 Å². The van der Waals surface area contributed by atoms with E-state index in [0.717, 1.165) is 25.7 Å². The zero-order valence-corrected chi connectivity index (χ0v) is 14.0. The number of likely N-dealkylation sites (tertiary alicyclic amines) is 1. The van der Waals surface area contributed by atoms with Gasteiger partial charge in [-0.15, -0.1) is 0 Å². The van der Waals surface area contributed by atoms with E-state index in [2.05, 4.69) is 5.10 Å². The number of fused-ring (bicyclic) bond motifs is 1. The Morgan fingerprint density at radius 1 is 1.22 bits per heavy atom. The Morgan fingerprint density at radius 2 is 1.91 bits per heavy atom. The highest BCUT2D eigenvalue weighted by Gasteiger charge is 2.23. The lowest BCUT2D eigenvalue weighted by atomic mass is 10.2. The predicted octanol–water partition coefficient (Wildman–Crippen LogP) is 3.09. The molecule has 23 heavy (non-hydrogen) atoms. The van der Waals surface area contributed by atoms with E-state index in [1.165, 1.54) is 0 Å². The highest BCUT2D eigenvalue weighted by atomic mass is 35.5. The summed E-state index contributed by atoms with van der Waals surface area (Å²) in [6, 6.07) is 5.12. The lowest BCUT2D eigenvalue weighted by molar-refractivity contribution is 0.0752. The summed E-state index contributed by atoms with van der Waals surface area (Å²) in [4.78, 5) is 27.3. The van der Waals surface area contributed by atoms with Crippen molar-refractivity contribution in [2.75, 3.05) is 13.1 Å². The molecule has 5 nitrogen and oxygen atoms in total. The van der Waals surface area contributed by atoms with Crippen LogP contribution in [-0.2, 0) is 6.54 Å². The Bertz CT molecular complexity index is 792. The van der Waals surface area contributed by atoms with Crippen LogP contribution in [0, 0.1) is 0 Å². The van der Waals surface area contributed by atoms with Gasteiger partial charge in [-0.1, -0.05) is 24.4 Å². The molecule has 1 aromatic heterocycles. The molecule has 0 saturated carbocycles. The average molecular weight is 334 g/mol. The van der Waals surface area contributed by atoms with E-state index in [0.29, 0.717) is 35.6 Å². The highest BCUT2D eigenvalue weighted by molar-refractivity contribution is 6.31. The second-order valence-corrected chi connectivity index (χ2v) is 6.30. The van der Waals surface area contributed by atoms with Crippen molar-refractivity contribution in [3.8, 4) is 0 Å². The fourth-order valence-electron chi connectivity index (χ4n) is 3.07. The summed E-state index contributed by atoms with van der Waals surface area (Å²) in [6.45, 7) is 3.91.